The van der Waals surface area contributed by atoms with Crippen LogP contribution in [0.25, 0.3) is 11.1 Å². The molecule has 0 spiro atoms. The molecule has 0 amide bonds. The fourth-order valence-electron chi connectivity index (χ4n) is 1.61. The molecule has 3 nitrogen and oxygen atoms in total. The first kappa shape index (κ1) is 13.2. The van der Waals surface area contributed by atoms with E-state index >= 15 is 0 Å². The molecule has 0 bridgehead atoms. The van der Waals surface area contributed by atoms with Crippen molar-refractivity contribution in [3.05, 3.63) is 60.2 Å². The molecule has 0 radical (unpaired) electrons. The van der Waals surface area contributed by atoms with Crippen LogP contribution in [0.4, 0.5) is 0 Å². The van der Waals surface area contributed by atoms with Crippen LogP contribution in [0.2, 0.25) is 0 Å². The van der Waals surface area contributed by atoms with Gasteiger partial charge >= 0.3 is 0 Å². The molecule has 0 aliphatic rings. The van der Waals surface area contributed by atoms with Gasteiger partial charge in [-0.05, 0) is 22.8 Å². The molecule has 2 aromatic carbocycles. The van der Waals surface area contributed by atoms with Gasteiger partial charge in [0.15, 0.2) is 0 Å². The fraction of sp³-hybridized carbons (Fsp3) is 0.0769. The van der Waals surface area contributed by atoms with Gasteiger partial charge in [0.2, 0.25) is 0 Å². The topological polar surface area (TPSA) is 46.5 Å². The maximum absolute atomic E-state index is 10.9. The lowest BCUT2D eigenvalue weighted by molar-refractivity contribution is 0.295. The monoisotopic (exact) mass is 280 g/mol. The summed E-state index contributed by atoms with van der Waals surface area (Å²) < 4.78 is 24.5. The van der Waals surface area contributed by atoms with Gasteiger partial charge in [0.25, 0.3) is 9.05 Å². The number of rotatable bonds is 4. The van der Waals surface area contributed by atoms with Crippen LogP contribution in [0.5, 0.6) is 0 Å². The molecule has 0 aromatic heterocycles. The summed E-state index contributed by atoms with van der Waals surface area (Å²) in [5.74, 6) is 0. The van der Waals surface area contributed by atoms with Crippen LogP contribution >= 0.6 is 0 Å². The van der Waals surface area contributed by atoms with E-state index in [0.717, 1.165) is 16.7 Å². The molecular weight excluding hydrogens is 268 g/mol. The van der Waals surface area contributed by atoms with Crippen molar-refractivity contribution in [1.29, 1.82) is 0 Å². The molecule has 1 N–H and O–H groups in total. The van der Waals surface area contributed by atoms with E-state index in [4.69, 9.17) is 8.74 Å². The highest BCUT2D eigenvalue weighted by Gasteiger charge is 2.03. The molecule has 0 heterocycles. The highest BCUT2D eigenvalue weighted by molar-refractivity contribution is 8.27. The summed E-state index contributed by atoms with van der Waals surface area (Å²) in [6, 6.07) is 17.5. The molecular formula is C13H12O3S2. The van der Waals surface area contributed by atoms with E-state index in [1.54, 1.807) is 0 Å². The van der Waals surface area contributed by atoms with E-state index in [1.165, 1.54) is 0 Å². The zero-order chi connectivity index (χ0) is 13.0. The largest absolute Gasteiger partial charge is 0.285 e. The normalized spacial score (nSPS) is 14.1. The van der Waals surface area contributed by atoms with Gasteiger partial charge in [0, 0.05) is 11.2 Å². The molecule has 5 heteroatoms. The third-order valence-electron chi connectivity index (χ3n) is 2.41. The summed E-state index contributed by atoms with van der Waals surface area (Å²) in [4.78, 5) is 0. The van der Waals surface area contributed by atoms with Gasteiger partial charge in [0.1, 0.15) is 0 Å². The first-order valence-corrected chi connectivity index (χ1v) is 7.67. The Bertz CT molecular complexity index is 622. The van der Waals surface area contributed by atoms with E-state index in [0.29, 0.717) is 0 Å². The zero-order valence-corrected chi connectivity index (χ0v) is 11.1. The van der Waals surface area contributed by atoms with Gasteiger partial charge in [-0.2, -0.15) is 4.21 Å². The van der Waals surface area contributed by atoms with E-state index in [2.05, 4.69) is 11.2 Å². The molecule has 1 atom stereocenters. The molecule has 2 aromatic rings. The average molecular weight is 280 g/mol. The van der Waals surface area contributed by atoms with Gasteiger partial charge in [-0.3, -0.25) is 8.74 Å². The first-order chi connectivity index (χ1) is 8.54. The Hall–Kier alpha value is -1.27. The molecule has 0 aliphatic carbocycles. The number of benzene rings is 2. The summed E-state index contributed by atoms with van der Waals surface area (Å²) in [7, 11) is -3.57. The van der Waals surface area contributed by atoms with E-state index in [1.807, 2.05) is 54.6 Å². The van der Waals surface area contributed by atoms with Gasteiger partial charge < -0.3 is 0 Å². The summed E-state index contributed by atoms with van der Waals surface area (Å²) in [5.41, 5.74) is 2.93. The molecule has 2 rings (SSSR count). The minimum absolute atomic E-state index is 0.0273. The van der Waals surface area contributed by atoms with Gasteiger partial charge in [-0.15, -0.1) is 0 Å². The SMILES string of the molecule is O=S(O)(=S)OCc1cccc(-c2ccccc2)c1. The molecule has 0 fully saturated rings. The number of hydrogen-bond donors (Lipinski definition) is 1. The Morgan fingerprint density at radius 1 is 1.06 bits per heavy atom. The Kier molecular flexibility index (Phi) is 4.08. The van der Waals surface area contributed by atoms with Gasteiger partial charge in [-0.25, -0.2) is 0 Å². The highest BCUT2D eigenvalue weighted by Crippen LogP contribution is 2.20. The van der Waals surface area contributed by atoms with Crippen LogP contribution in [-0.4, -0.2) is 8.76 Å². The van der Waals surface area contributed by atoms with Crippen LogP contribution in [0.3, 0.4) is 0 Å². The van der Waals surface area contributed by atoms with Crippen molar-refractivity contribution in [1.82, 2.24) is 0 Å². The lowest BCUT2D eigenvalue weighted by Gasteiger charge is -2.06. The molecule has 0 saturated heterocycles. The van der Waals surface area contributed by atoms with Crippen molar-refractivity contribution in [2.45, 2.75) is 6.61 Å². The molecule has 94 valence electrons. The second kappa shape index (κ2) is 5.58. The quantitative estimate of drug-likeness (QED) is 0.935. The van der Waals surface area contributed by atoms with E-state index < -0.39 is 9.05 Å². The van der Waals surface area contributed by atoms with Crippen LogP contribution in [0.15, 0.2) is 54.6 Å². The van der Waals surface area contributed by atoms with E-state index in [-0.39, 0.29) is 6.61 Å². The third-order valence-corrected chi connectivity index (χ3v) is 3.11. The summed E-state index contributed by atoms with van der Waals surface area (Å²) in [6.07, 6.45) is 0. The summed E-state index contributed by atoms with van der Waals surface area (Å²) in [6.45, 7) is 0.0273. The lowest BCUT2D eigenvalue weighted by atomic mass is 10.0. The smallest absolute Gasteiger partial charge is 0.266 e. The molecule has 0 aliphatic heterocycles. The molecule has 18 heavy (non-hydrogen) atoms. The second-order valence-electron chi connectivity index (χ2n) is 3.76. The van der Waals surface area contributed by atoms with Crippen LogP contribution in [0.1, 0.15) is 5.56 Å². The predicted molar refractivity (Wildman–Crippen MR) is 74.8 cm³/mol. The van der Waals surface area contributed by atoms with Crippen LogP contribution in [-0.2, 0) is 31.0 Å². The minimum atomic E-state index is -3.57. The second-order valence-corrected chi connectivity index (χ2v) is 6.11. The lowest BCUT2D eigenvalue weighted by Crippen LogP contribution is -2.01. The van der Waals surface area contributed by atoms with E-state index in [9.17, 15) is 4.21 Å². The zero-order valence-electron chi connectivity index (χ0n) is 9.48. The maximum Gasteiger partial charge on any atom is 0.266 e. The average Bonchev–Trinajstić information content (AvgIpc) is 2.37. The Balaban J connectivity index is 2.21. The minimum Gasteiger partial charge on any atom is -0.285 e. The maximum atomic E-state index is 10.9. The predicted octanol–water partition coefficient (Wildman–Crippen LogP) is 3.00. The van der Waals surface area contributed by atoms with Gasteiger partial charge in [0.05, 0.1) is 6.61 Å². The fourth-order valence-corrected chi connectivity index (χ4v) is 2.04. The molecule has 0 saturated carbocycles. The standard InChI is InChI=1S/C13H12O3S2/c14-18(15,17)16-10-11-5-4-8-13(9-11)12-6-2-1-3-7-12/h1-9H,10H2,(H,14,15,17). The summed E-state index contributed by atoms with van der Waals surface area (Å²) >= 11 is 4.27. The van der Waals surface area contributed by atoms with Gasteiger partial charge in [-0.1, -0.05) is 48.5 Å². The van der Waals surface area contributed by atoms with Crippen LogP contribution < -0.4 is 0 Å². The highest BCUT2D eigenvalue weighted by atomic mass is 32.9. The third kappa shape index (κ3) is 3.89. The van der Waals surface area contributed by atoms with Crippen molar-refractivity contribution in [3.8, 4) is 11.1 Å². The Morgan fingerprint density at radius 2 is 1.72 bits per heavy atom. The van der Waals surface area contributed by atoms with Crippen molar-refractivity contribution in [3.63, 3.8) is 0 Å². The Labute approximate surface area is 111 Å². The van der Waals surface area contributed by atoms with Crippen molar-refractivity contribution in [2.75, 3.05) is 0 Å². The van der Waals surface area contributed by atoms with Crippen molar-refractivity contribution < 1.29 is 12.9 Å². The van der Waals surface area contributed by atoms with Crippen molar-refractivity contribution >= 4 is 20.2 Å². The first-order valence-electron chi connectivity index (χ1n) is 5.31. The van der Waals surface area contributed by atoms with Crippen molar-refractivity contribution in [2.24, 2.45) is 0 Å². The Morgan fingerprint density at radius 3 is 2.39 bits per heavy atom. The van der Waals surface area contributed by atoms with Crippen LogP contribution in [0, 0.1) is 0 Å². The summed E-state index contributed by atoms with van der Waals surface area (Å²) in [5, 5.41) is 0. The number of hydrogen-bond acceptors (Lipinski definition) is 3. The molecule has 1 unspecified atom stereocenters.